The number of hydrogen-bond donors (Lipinski definition) is 0. The lowest BCUT2D eigenvalue weighted by Crippen LogP contribution is -1.99. The van der Waals surface area contributed by atoms with Gasteiger partial charge in [0.1, 0.15) is 5.75 Å². The molecule has 0 amide bonds. The second-order valence-corrected chi connectivity index (χ2v) is 6.76. The molecule has 98 valence electrons. The molecule has 1 aliphatic rings. The smallest absolute Gasteiger partial charge is 0.127 e. The third-order valence-corrected chi connectivity index (χ3v) is 4.65. The summed E-state index contributed by atoms with van der Waals surface area (Å²) in [4.78, 5) is 0.277. The molecule has 0 saturated carbocycles. The molecular formula is C16H14Br2O. The van der Waals surface area contributed by atoms with E-state index in [-0.39, 0.29) is 4.83 Å². The Bertz CT molecular complexity index is 581. The van der Waals surface area contributed by atoms with Gasteiger partial charge in [0, 0.05) is 21.3 Å². The van der Waals surface area contributed by atoms with Crippen LogP contribution in [-0.2, 0) is 12.8 Å². The van der Waals surface area contributed by atoms with Gasteiger partial charge in [-0.1, -0.05) is 62.2 Å². The van der Waals surface area contributed by atoms with Crippen molar-refractivity contribution in [2.24, 2.45) is 0 Å². The summed E-state index contributed by atoms with van der Waals surface area (Å²) in [6, 6.07) is 14.8. The van der Waals surface area contributed by atoms with Crippen molar-refractivity contribution < 1.29 is 4.74 Å². The first-order valence-electron chi connectivity index (χ1n) is 6.37. The highest BCUT2D eigenvalue weighted by molar-refractivity contribution is 9.10. The second kappa shape index (κ2) is 5.68. The fraction of sp³-hybridized carbons (Fsp3) is 0.250. The Kier molecular flexibility index (Phi) is 3.94. The zero-order valence-corrected chi connectivity index (χ0v) is 13.6. The summed E-state index contributed by atoms with van der Waals surface area (Å²) in [5, 5.41) is 0. The van der Waals surface area contributed by atoms with Gasteiger partial charge >= 0.3 is 0 Å². The SMILES string of the molecule is Brc1cc2c(c(C(Br)Cc3ccccc3)c1)OCC2. The average Bonchev–Trinajstić information content (AvgIpc) is 2.86. The van der Waals surface area contributed by atoms with Crippen LogP contribution in [0.25, 0.3) is 0 Å². The van der Waals surface area contributed by atoms with Gasteiger partial charge < -0.3 is 4.74 Å². The molecule has 2 aromatic rings. The third-order valence-electron chi connectivity index (χ3n) is 3.37. The van der Waals surface area contributed by atoms with Crippen molar-refractivity contribution in [1.82, 2.24) is 0 Å². The minimum Gasteiger partial charge on any atom is -0.493 e. The molecule has 0 saturated heterocycles. The Morgan fingerprint density at radius 2 is 1.95 bits per heavy atom. The summed E-state index contributed by atoms with van der Waals surface area (Å²) < 4.78 is 6.92. The van der Waals surface area contributed by atoms with Crippen molar-refractivity contribution in [3.63, 3.8) is 0 Å². The summed E-state index contributed by atoms with van der Waals surface area (Å²) in [6.45, 7) is 0.795. The fourth-order valence-electron chi connectivity index (χ4n) is 2.46. The molecule has 0 aliphatic carbocycles. The zero-order valence-electron chi connectivity index (χ0n) is 10.4. The van der Waals surface area contributed by atoms with Crippen molar-refractivity contribution in [3.8, 4) is 5.75 Å². The molecule has 1 atom stereocenters. The van der Waals surface area contributed by atoms with Crippen LogP contribution in [-0.4, -0.2) is 6.61 Å². The third kappa shape index (κ3) is 2.87. The molecule has 3 heteroatoms. The fourth-order valence-corrected chi connectivity index (χ4v) is 3.70. The number of ether oxygens (including phenoxy) is 1. The van der Waals surface area contributed by atoms with E-state index in [2.05, 4.69) is 68.3 Å². The molecule has 19 heavy (non-hydrogen) atoms. The van der Waals surface area contributed by atoms with E-state index in [0.717, 1.165) is 29.7 Å². The van der Waals surface area contributed by atoms with Crippen LogP contribution in [0.3, 0.4) is 0 Å². The summed E-state index contributed by atoms with van der Waals surface area (Å²) in [5.41, 5.74) is 3.88. The standard InChI is InChI=1S/C16H14Br2O/c17-13-9-12-6-7-19-16(12)14(10-13)15(18)8-11-4-2-1-3-5-11/h1-5,9-10,15H,6-8H2. The van der Waals surface area contributed by atoms with Gasteiger partial charge in [-0.2, -0.15) is 0 Å². The quantitative estimate of drug-likeness (QED) is 0.675. The van der Waals surface area contributed by atoms with Gasteiger partial charge in [0.25, 0.3) is 0 Å². The lowest BCUT2D eigenvalue weighted by atomic mass is 10.0. The number of benzene rings is 2. The molecule has 0 aromatic heterocycles. The normalized spacial score (nSPS) is 14.8. The minimum absolute atomic E-state index is 0.277. The lowest BCUT2D eigenvalue weighted by Gasteiger charge is -2.15. The summed E-state index contributed by atoms with van der Waals surface area (Å²) in [6.07, 6.45) is 1.97. The largest absolute Gasteiger partial charge is 0.493 e. The molecule has 1 aliphatic heterocycles. The van der Waals surface area contributed by atoms with E-state index in [0.29, 0.717) is 0 Å². The van der Waals surface area contributed by atoms with Gasteiger partial charge in [-0.25, -0.2) is 0 Å². The van der Waals surface area contributed by atoms with Crippen molar-refractivity contribution in [1.29, 1.82) is 0 Å². The Morgan fingerprint density at radius 1 is 1.16 bits per heavy atom. The first-order valence-corrected chi connectivity index (χ1v) is 8.08. The highest BCUT2D eigenvalue weighted by Crippen LogP contribution is 2.40. The van der Waals surface area contributed by atoms with E-state index in [1.807, 2.05) is 6.07 Å². The molecule has 0 bridgehead atoms. The van der Waals surface area contributed by atoms with Gasteiger partial charge in [0.05, 0.1) is 6.61 Å². The Morgan fingerprint density at radius 3 is 2.74 bits per heavy atom. The van der Waals surface area contributed by atoms with Crippen LogP contribution < -0.4 is 4.74 Å². The Hall–Kier alpha value is -0.800. The van der Waals surface area contributed by atoms with Crippen LogP contribution in [0.4, 0.5) is 0 Å². The van der Waals surface area contributed by atoms with Crippen LogP contribution in [0.1, 0.15) is 21.5 Å². The monoisotopic (exact) mass is 380 g/mol. The molecule has 0 radical (unpaired) electrons. The van der Waals surface area contributed by atoms with Crippen LogP contribution >= 0.6 is 31.9 Å². The number of rotatable bonds is 3. The van der Waals surface area contributed by atoms with E-state index in [9.17, 15) is 0 Å². The number of fused-ring (bicyclic) bond motifs is 1. The van der Waals surface area contributed by atoms with Crippen LogP contribution in [0.2, 0.25) is 0 Å². The molecular weight excluding hydrogens is 368 g/mol. The van der Waals surface area contributed by atoms with Crippen molar-refractivity contribution in [2.75, 3.05) is 6.61 Å². The average molecular weight is 382 g/mol. The van der Waals surface area contributed by atoms with E-state index in [4.69, 9.17) is 4.74 Å². The number of hydrogen-bond acceptors (Lipinski definition) is 1. The first-order chi connectivity index (χ1) is 9.24. The van der Waals surface area contributed by atoms with Gasteiger partial charge in [0.2, 0.25) is 0 Å². The molecule has 1 heterocycles. The molecule has 0 N–H and O–H groups in total. The van der Waals surface area contributed by atoms with Crippen molar-refractivity contribution >= 4 is 31.9 Å². The highest BCUT2D eigenvalue weighted by atomic mass is 79.9. The molecule has 2 aromatic carbocycles. The Balaban J connectivity index is 1.90. The number of halogens is 2. The lowest BCUT2D eigenvalue weighted by molar-refractivity contribution is 0.353. The predicted octanol–water partition coefficient (Wildman–Crippen LogP) is 5.06. The Labute approximate surface area is 130 Å². The van der Waals surface area contributed by atoms with Crippen LogP contribution in [0.15, 0.2) is 46.9 Å². The van der Waals surface area contributed by atoms with E-state index in [1.54, 1.807) is 0 Å². The zero-order chi connectivity index (χ0) is 13.2. The molecule has 3 rings (SSSR count). The summed E-state index contributed by atoms with van der Waals surface area (Å²) in [7, 11) is 0. The van der Waals surface area contributed by atoms with Crippen molar-refractivity contribution in [3.05, 3.63) is 63.6 Å². The van der Waals surface area contributed by atoms with Gasteiger partial charge in [-0.05, 0) is 29.7 Å². The summed E-state index contributed by atoms with van der Waals surface area (Å²) in [5.74, 6) is 1.07. The van der Waals surface area contributed by atoms with Crippen LogP contribution in [0.5, 0.6) is 5.75 Å². The topological polar surface area (TPSA) is 9.23 Å². The van der Waals surface area contributed by atoms with Crippen molar-refractivity contribution in [2.45, 2.75) is 17.7 Å². The maximum Gasteiger partial charge on any atom is 0.127 e. The van der Waals surface area contributed by atoms with Crippen LogP contribution in [0, 0.1) is 0 Å². The molecule has 1 unspecified atom stereocenters. The predicted molar refractivity (Wildman–Crippen MR) is 85.2 cm³/mol. The van der Waals surface area contributed by atoms with E-state index >= 15 is 0 Å². The first kappa shape index (κ1) is 13.2. The highest BCUT2D eigenvalue weighted by Gasteiger charge is 2.22. The van der Waals surface area contributed by atoms with E-state index in [1.165, 1.54) is 16.7 Å². The van der Waals surface area contributed by atoms with Gasteiger partial charge in [0.15, 0.2) is 0 Å². The molecule has 0 spiro atoms. The maximum absolute atomic E-state index is 5.79. The maximum atomic E-state index is 5.79. The molecule has 1 nitrogen and oxygen atoms in total. The minimum atomic E-state index is 0.277. The molecule has 0 fully saturated rings. The summed E-state index contributed by atoms with van der Waals surface area (Å²) >= 11 is 7.40. The second-order valence-electron chi connectivity index (χ2n) is 4.74. The van der Waals surface area contributed by atoms with E-state index < -0.39 is 0 Å². The van der Waals surface area contributed by atoms with Gasteiger partial charge in [-0.3, -0.25) is 0 Å². The number of alkyl halides is 1. The van der Waals surface area contributed by atoms with Gasteiger partial charge in [-0.15, -0.1) is 0 Å².